The van der Waals surface area contributed by atoms with E-state index in [1.807, 2.05) is 0 Å². The first-order valence-corrected chi connectivity index (χ1v) is 5.99. The Morgan fingerprint density at radius 2 is 2.05 bits per heavy atom. The molecule has 1 heterocycles. The molecule has 0 unspecified atom stereocenters. The molecule has 0 aliphatic heterocycles. The third-order valence-corrected chi connectivity index (χ3v) is 3.02. The molecule has 1 N–H and O–H groups in total. The van der Waals surface area contributed by atoms with Crippen molar-refractivity contribution in [3.63, 3.8) is 0 Å². The number of halogens is 1. The summed E-state index contributed by atoms with van der Waals surface area (Å²) >= 11 is 5.93. The highest BCUT2D eigenvalue weighted by Gasteiger charge is 2.16. The Morgan fingerprint density at radius 3 is 2.70 bits per heavy atom. The molecule has 0 aliphatic carbocycles. The van der Waals surface area contributed by atoms with Crippen LogP contribution in [0.2, 0.25) is 5.02 Å². The number of hydrogen-bond acceptors (Lipinski definition) is 4. The summed E-state index contributed by atoms with van der Waals surface area (Å²) in [5.74, 6) is -1.73. The van der Waals surface area contributed by atoms with E-state index in [0.717, 1.165) is 0 Å². The number of benzene rings is 1. The molecule has 2 rings (SSSR count). The lowest BCUT2D eigenvalue weighted by atomic mass is 10.0. The van der Waals surface area contributed by atoms with Gasteiger partial charge in [0.1, 0.15) is 0 Å². The molecule has 0 amide bonds. The maximum Gasteiger partial charge on any atom is 0.355 e. The summed E-state index contributed by atoms with van der Waals surface area (Å²) in [7, 11) is 1.25. The molecule has 0 bridgehead atoms. The summed E-state index contributed by atoms with van der Waals surface area (Å²) < 4.78 is 4.63. The number of rotatable bonds is 3. The van der Waals surface area contributed by atoms with Crippen LogP contribution < -0.4 is 0 Å². The van der Waals surface area contributed by atoms with Crippen molar-refractivity contribution in [3.8, 4) is 11.1 Å². The van der Waals surface area contributed by atoms with Crippen molar-refractivity contribution in [2.24, 2.45) is 0 Å². The van der Waals surface area contributed by atoms with Gasteiger partial charge in [0.25, 0.3) is 0 Å². The highest BCUT2D eigenvalue weighted by atomic mass is 35.5. The molecule has 0 saturated carbocycles. The van der Waals surface area contributed by atoms with E-state index in [1.54, 1.807) is 18.2 Å². The maximum atomic E-state index is 11.6. The first-order chi connectivity index (χ1) is 9.54. The van der Waals surface area contributed by atoms with Gasteiger partial charge in [0.2, 0.25) is 0 Å². The van der Waals surface area contributed by atoms with Gasteiger partial charge in [0.05, 0.1) is 17.7 Å². The van der Waals surface area contributed by atoms with Gasteiger partial charge < -0.3 is 9.84 Å². The number of carbonyl (C=O) groups excluding carboxylic acids is 1. The van der Waals surface area contributed by atoms with E-state index in [0.29, 0.717) is 11.1 Å². The van der Waals surface area contributed by atoms with Gasteiger partial charge in [-0.2, -0.15) is 0 Å². The number of ether oxygens (including phenoxy) is 1. The van der Waals surface area contributed by atoms with Crippen molar-refractivity contribution in [2.45, 2.75) is 0 Å². The molecule has 6 heteroatoms. The van der Waals surface area contributed by atoms with Crippen LogP contribution in [0.4, 0.5) is 0 Å². The predicted molar refractivity (Wildman–Crippen MR) is 73.0 cm³/mol. The molecule has 0 saturated heterocycles. The van der Waals surface area contributed by atoms with Gasteiger partial charge in [-0.15, -0.1) is 0 Å². The molecule has 0 aliphatic rings. The molecule has 0 atom stereocenters. The summed E-state index contributed by atoms with van der Waals surface area (Å²) in [6.45, 7) is 0. The molecule has 0 spiro atoms. The molecule has 1 aromatic carbocycles. The minimum atomic E-state index is -1.14. The van der Waals surface area contributed by atoms with Crippen LogP contribution >= 0.6 is 11.6 Å². The van der Waals surface area contributed by atoms with Crippen molar-refractivity contribution in [1.82, 2.24) is 4.98 Å². The number of methoxy groups -OCH3 is 1. The molecule has 0 fully saturated rings. The Bertz CT molecular complexity index is 685. The maximum absolute atomic E-state index is 11.6. The first-order valence-electron chi connectivity index (χ1n) is 5.61. The molecular weight excluding hydrogens is 282 g/mol. The summed E-state index contributed by atoms with van der Waals surface area (Å²) in [4.78, 5) is 26.6. The highest BCUT2D eigenvalue weighted by Crippen LogP contribution is 2.27. The van der Waals surface area contributed by atoms with Gasteiger partial charge >= 0.3 is 11.9 Å². The number of pyridine rings is 1. The number of carboxylic acid groups (broad SMARTS) is 1. The Hall–Kier alpha value is -2.40. The summed E-state index contributed by atoms with van der Waals surface area (Å²) in [6.07, 6.45) is 1.39. The van der Waals surface area contributed by atoms with E-state index in [4.69, 9.17) is 16.7 Å². The van der Waals surface area contributed by atoms with Crippen LogP contribution in [-0.4, -0.2) is 29.1 Å². The van der Waals surface area contributed by atoms with Crippen molar-refractivity contribution in [3.05, 3.63) is 52.8 Å². The SMILES string of the molecule is COC(=O)c1cc(-c2cccnc2C(=O)O)ccc1Cl. The average Bonchev–Trinajstić information content (AvgIpc) is 2.47. The largest absolute Gasteiger partial charge is 0.476 e. The van der Waals surface area contributed by atoms with Crippen molar-refractivity contribution in [1.29, 1.82) is 0 Å². The van der Waals surface area contributed by atoms with Crippen molar-refractivity contribution in [2.75, 3.05) is 7.11 Å². The second-order valence-corrected chi connectivity index (χ2v) is 4.30. The van der Waals surface area contributed by atoms with Crippen LogP contribution in [0.25, 0.3) is 11.1 Å². The molecular formula is C14H10ClNO4. The van der Waals surface area contributed by atoms with Crippen molar-refractivity contribution >= 4 is 23.5 Å². The number of aromatic carboxylic acids is 1. The second-order valence-electron chi connectivity index (χ2n) is 3.89. The fraction of sp³-hybridized carbons (Fsp3) is 0.0714. The lowest BCUT2D eigenvalue weighted by Crippen LogP contribution is -2.05. The van der Waals surface area contributed by atoms with E-state index in [9.17, 15) is 9.59 Å². The minimum Gasteiger partial charge on any atom is -0.476 e. The monoisotopic (exact) mass is 291 g/mol. The lowest BCUT2D eigenvalue weighted by molar-refractivity contribution is 0.0600. The Kier molecular flexibility index (Phi) is 4.00. The Balaban J connectivity index is 2.60. The number of esters is 1. The average molecular weight is 292 g/mol. The number of carboxylic acids is 1. The van der Waals surface area contributed by atoms with E-state index in [2.05, 4.69) is 9.72 Å². The van der Waals surface area contributed by atoms with Crippen LogP contribution in [0.3, 0.4) is 0 Å². The fourth-order valence-corrected chi connectivity index (χ4v) is 1.96. The van der Waals surface area contributed by atoms with Gasteiger partial charge in [0, 0.05) is 11.8 Å². The van der Waals surface area contributed by atoms with Gasteiger partial charge in [-0.25, -0.2) is 14.6 Å². The molecule has 20 heavy (non-hydrogen) atoms. The van der Waals surface area contributed by atoms with Gasteiger partial charge in [-0.1, -0.05) is 23.7 Å². The second kappa shape index (κ2) is 5.71. The third-order valence-electron chi connectivity index (χ3n) is 2.69. The van der Waals surface area contributed by atoms with Gasteiger partial charge in [-0.3, -0.25) is 0 Å². The Morgan fingerprint density at radius 1 is 1.30 bits per heavy atom. The summed E-state index contributed by atoms with van der Waals surface area (Å²) in [5, 5.41) is 9.36. The zero-order valence-corrected chi connectivity index (χ0v) is 11.2. The van der Waals surface area contributed by atoms with Crippen LogP contribution in [0.5, 0.6) is 0 Å². The van der Waals surface area contributed by atoms with E-state index in [-0.39, 0.29) is 16.3 Å². The topological polar surface area (TPSA) is 76.5 Å². The van der Waals surface area contributed by atoms with E-state index < -0.39 is 11.9 Å². The number of aromatic nitrogens is 1. The third kappa shape index (κ3) is 2.62. The number of hydrogen-bond donors (Lipinski definition) is 1. The quantitative estimate of drug-likeness (QED) is 0.880. The van der Waals surface area contributed by atoms with Crippen molar-refractivity contribution < 1.29 is 19.4 Å². The highest BCUT2D eigenvalue weighted by molar-refractivity contribution is 6.33. The number of carbonyl (C=O) groups is 2. The molecule has 2 aromatic rings. The minimum absolute atomic E-state index is 0.0920. The molecule has 0 radical (unpaired) electrons. The van der Waals surface area contributed by atoms with Crippen LogP contribution in [0.15, 0.2) is 36.5 Å². The van der Waals surface area contributed by atoms with Gasteiger partial charge in [0.15, 0.2) is 5.69 Å². The van der Waals surface area contributed by atoms with Gasteiger partial charge in [-0.05, 0) is 23.8 Å². The van der Waals surface area contributed by atoms with E-state index >= 15 is 0 Å². The molecule has 5 nitrogen and oxygen atoms in total. The predicted octanol–water partition coefficient (Wildman–Crippen LogP) is 2.89. The lowest BCUT2D eigenvalue weighted by Gasteiger charge is -2.08. The van der Waals surface area contributed by atoms with Crippen LogP contribution in [-0.2, 0) is 4.74 Å². The first kappa shape index (κ1) is 14.0. The Labute approximate surface area is 119 Å². The zero-order chi connectivity index (χ0) is 14.7. The standard InChI is InChI=1S/C14H10ClNO4/c1-20-14(19)10-7-8(4-5-11(10)15)9-3-2-6-16-12(9)13(17)18/h2-7H,1H3,(H,17,18). The van der Waals surface area contributed by atoms with Crippen LogP contribution in [0.1, 0.15) is 20.8 Å². The summed E-state index contributed by atoms with van der Waals surface area (Å²) in [5.41, 5.74) is 1.01. The normalized spacial score (nSPS) is 10.1. The van der Waals surface area contributed by atoms with Crippen LogP contribution in [0, 0.1) is 0 Å². The zero-order valence-electron chi connectivity index (χ0n) is 10.5. The number of nitrogens with zero attached hydrogens (tertiary/aromatic N) is 1. The fourth-order valence-electron chi connectivity index (χ4n) is 1.77. The summed E-state index contributed by atoms with van der Waals surface area (Å²) in [6, 6.07) is 7.85. The van der Waals surface area contributed by atoms with E-state index in [1.165, 1.54) is 25.4 Å². The smallest absolute Gasteiger partial charge is 0.355 e. The molecule has 1 aromatic heterocycles. The molecule has 102 valence electrons.